The number of carbonyl (C=O) groups is 1. The number of furan rings is 1. The lowest BCUT2D eigenvalue weighted by Gasteiger charge is -2.07. The lowest BCUT2D eigenvalue weighted by molar-refractivity contribution is 0.101. The number of imidazole rings is 1. The van der Waals surface area contributed by atoms with Gasteiger partial charge >= 0.3 is 0 Å². The molecule has 0 atom stereocenters. The number of aromatic amines is 1. The van der Waals surface area contributed by atoms with E-state index in [1.54, 1.807) is 36.4 Å². The Morgan fingerprint density at radius 2 is 1.64 bits per heavy atom. The number of aromatic nitrogens is 2. The molecule has 0 aliphatic heterocycles. The molecule has 6 aromatic rings. The number of nitrogens with zero attached hydrogens (tertiary/aromatic N) is 1. The van der Waals surface area contributed by atoms with Gasteiger partial charge in [-0.15, -0.1) is 0 Å². The number of H-pyrrole nitrogens is 1. The van der Waals surface area contributed by atoms with Gasteiger partial charge in [-0.2, -0.15) is 0 Å². The molecule has 0 aliphatic carbocycles. The standard InChI is InChI=1S/C29H18Cl2N2O3/c30-21-14-23-24(15-22(21)31)33-29(32-23)20-12-17(6-8-25(20)34)10-16-7-9-26-19(11-16)13-27(36-26)28(35)18-4-2-1-3-5-18/h1-9,11-15,34H,10H2,(H,32,33). The third kappa shape index (κ3) is 4.13. The van der Waals surface area contributed by atoms with E-state index in [0.29, 0.717) is 50.3 Å². The van der Waals surface area contributed by atoms with Crippen molar-refractivity contribution < 1.29 is 14.3 Å². The van der Waals surface area contributed by atoms with Crippen LogP contribution in [0.1, 0.15) is 27.2 Å². The van der Waals surface area contributed by atoms with E-state index in [1.165, 1.54) is 0 Å². The fourth-order valence-electron chi connectivity index (χ4n) is 4.30. The van der Waals surface area contributed by atoms with Crippen molar-refractivity contribution in [2.45, 2.75) is 6.42 Å². The van der Waals surface area contributed by atoms with Gasteiger partial charge < -0.3 is 14.5 Å². The molecule has 0 unspecified atom stereocenters. The van der Waals surface area contributed by atoms with Crippen LogP contribution in [0.3, 0.4) is 0 Å². The number of phenols is 1. The number of rotatable bonds is 5. The van der Waals surface area contributed by atoms with Gasteiger partial charge in [0.25, 0.3) is 0 Å². The van der Waals surface area contributed by atoms with Crippen molar-refractivity contribution in [1.29, 1.82) is 0 Å². The summed E-state index contributed by atoms with van der Waals surface area (Å²) in [7, 11) is 0. The molecule has 6 rings (SSSR count). The molecule has 2 aromatic heterocycles. The highest BCUT2D eigenvalue weighted by Crippen LogP contribution is 2.33. The normalized spacial score (nSPS) is 11.4. The molecule has 0 radical (unpaired) electrons. The van der Waals surface area contributed by atoms with Gasteiger partial charge in [0.15, 0.2) is 5.76 Å². The second kappa shape index (κ2) is 8.86. The lowest BCUT2D eigenvalue weighted by atomic mass is 10.0. The molecule has 7 heteroatoms. The van der Waals surface area contributed by atoms with Gasteiger partial charge in [0.1, 0.15) is 17.2 Å². The van der Waals surface area contributed by atoms with Crippen molar-refractivity contribution in [1.82, 2.24) is 9.97 Å². The quantitative estimate of drug-likeness (QED) is 0.231. The first-order chi connectivity index (χ1) is 17.4. The first kappa shape index (κ1) is 22.4. The summed E-state index contributed by atoms with van der Waals surface area (Å²) in [5.74, 6) is 0.802. The molecule has 0 saturated heterocycles. The molecule has 0 bridgehead atoms. The van der Waals surface area contributed by atoms with Gasteiger partial charge in [0, 0.05) is 10.9 Å². The Morgan fingerprint density at radius 3 is 2.47 bits per heavy atom. The van der Waals surface area contributed by atoms with Crippen molar-refractivity contribution in [2.75, 3.05) is 0 Å². The minimum Gasteiger partial charge on any atom is -0.507 e. The summed E-state index contributed by atoms with van der Waals surface area (Å²) in [6.07, 6.45) is 0.619. The van der Waals surface area contributed by atoms with Crippen LogP contribution in [0, 0.1) is 0 Å². The van der Waals surface area contributed by atoms with Gasteiger partial charge in [-0.1, -0.05) is 65.7 Å². The molecule has 0 spiro atoms. The van der Waals surface area contributed by atoms with Crippen LogP contribution < -0.4 is 0 Å². The molecule has 2 N–H and O–H groups in total. The fourth-order valence-corrected chi connectivity index (χ4v) is 4.62. The maximum Gasteiger partial charge on any atom is 0.228 e. The molecule has 0 amide bonds. The average Bonchev–Trinajstić information content (AvgIpc) is 3.49. The molecule has 0 saturated carbocycles. The molecule has 0 aliphatic rings. The van der Waals surface area contributed by atoms with Crippen LogP contribution >= 0.6 is 23.2 Å². The van der Waals surface area contributed by atoms with E-state index >= 15 is 0 Å². The van der Waals surface area contributed by atoms with Crippen LogP contribution in [-0.4, -0.2) is 20.9 Å². The molecule has 176 valence electrons. The number of phenolic OH excluding ortho intramolecular Hbond substituents is 1. The van der Waals surface area contributed by atoms with Crippen molar-refractivity contribution >= 4 is 51.0 Å². The van der Waals surface area contributed by atoms with Gasteiger partial charge in [0.2, 0.25) is 5.78 Å². The first-order valence-corrected chi connectivity index (χ1v) is 12.0. The van der Waals surface area contributed by atoms with E-state index in [0.717, 1.165) is 22.0 Å². The van der Waals surface area contributed by atoms with Crippen LogP contribution in [0.25, 0.3) is 33.4 Å². The van der Waals surface area contributed by atoms with Crippen LogP contribution in [0.15, 0.2) is 89.3 Å². The number of benzene rings is 4. The Labute approximate surface area is 215 Å². The van der Waals surface area contributed by atoms with Crippen molar-refractivity contribution in [3.63, 3.8) is 0 Å². The summed E-state index contributed by atoms with van der Waals surface area (Å²) < 4.78 is 5.81. The molecule has 2 heterocycles. The van der Waals surface area contributed by atoms with E-state index in [4.69, 9.17) is 27.6 Å². The maximum atomic E-state index is 12.8. The zero-order valence-corrected chi connectivity index (χ0v) is 20.3. The number of halogens is 2. The van der Waals surface area contributed by atoms with Crippen molar-refractivity contribution in [2.24, 2.45) is 0 Å². The van der Waals surface area contributed by atoms with Gasteiger partial charge in [0.05, 0.1) is 26.6 Å². The number of hydrogen-bond donors (Lipinski definition) is 2. The zero-order valence-electron chi connectivity index (χ0n) is 18.8. The van der Waals surface area contributed by atoms with E-state index < -0.39 is 0 Å². The largest absolute Gasteiger partial charge is 0.507 e. The second-order valence-electron chi connectivity index (χ2n) is 8.58. The third-order valence-corrected chi connectivity index (χ3v) is 6.81. The molecule has 5 nitrogen and oxygen atoms in total. The molecular formula is C29H18Cl2N2O3. The van der Waals surface area contributed by atoms with Crippen molar-refractivity contribution in [3.05, 3.63) is 117 Å². The van der Waals surface area contributed by atoms with Gasteiger partial charge in [-0.25, -0.2) is 4.98 Å². The van der Waals surface area contributed by atoms with E-state index in [-0.39, 0.29) is 11.5 Å². The fraction of sp³-hybridized carbons (Fsp3) is 0.0345. The van der Waals surface area contributed by atoms with Crippen molar-refractivity contribution in [3.8, 4) is 17.1 Å². The highest BCUT2D eigenvalue weighted by Gasteiger charge is 2.16. The van der Waals surface area contributed by atoms with E-state index in [1.807, 2.05) is 48.5 Å². The summed E-state index contributed by atoms with van der Waals surface area (Å²) in [5, 5.41) is 12.2. The highest BCUT2D eigenvalue weighted by molar-refractivity contribution is 6.42. The van der Waals surface area contributed by atoms with Crippen LogP contribution in [0.2, 0.25) is 10.0 Å². The van der Waals surface area contributed by atoms with Crippen LogP contribution in [0.4, 0.5) is 0 Å². The topological polar surface area (TPSA) is 79.1 Å². The van der Waals surface area contributed by atoms with Crippen LogP contribution in [-0.2, 0) is 6.42 Å². The Kier molecular flexibility index (Phi) is 5.52. The second-order valence-corrected chi connectivity index (χ2v) is 9.39. The van der Waals surface area contributed by atoms with E-state index in [2.05, 4.69) is 9.97 Å². The molecular weight excluding hydrogens is 495 g/mol. The Bertz CT molecular complexity index is 1730. The molecule has 0 fully saturated rings. The Morgan fingerprint density at radius 1 is 0.889 bits per heavy atom. The number of fused-ring (bicyclic) bond motifs is 2. The average molecular weight is 513 g/mol. The third-order valence-electron chi connectivity index (χ3n) is 6.09. The Balaban J connectivity index is 1.30. The summed E-state index contributed by atoms with van der Waals surface area (Å²) in [6.45, 7) is 0. The summed E-state index contributed by atoms with van der Waals surface area (Å²) in [4.78, 5) is 20.5. The van der Waals surface area contributed by atoms with Crippen LogP contribution in [0.5, 0.6) is 5.75 Å². The molecule has 36 heavy (non-hydrogen) atoms. The number of ketones is 1. The smallest absolute Gasteiger partial charge is 0.228 e. The minimum atomic E-state index is -0.148. The number of aromatic hydroxyl groups is 1. The molecule has 4 aromatic carbocycles. The van der Waals surface area contributed by atoms with Gasteiger partial charge in [-0.3, -0.25) is 4.79 Å². The summed E-state index contributed by atoms with van der Waals surface area (Å²) in [5.41, 5.74) is 5.25. The maximum absolute atomic E-state index is 12.8. The Hall–Kier alpha value is -4.06. The minimum absolute atomic E-state index is 0.115. The monoisotopic (exact) mass is 512 g/mol. The zero-order chi connectivity index (χ0) is 24.8. The summed E-state index contributed by atoms with van der Waals surface area (Å²) in [6, 6.07) is 25.6. The number of carbonyl (C=O) groups excluding carboxylic acids is 1. The van der Waals surface area contributed by atoms with Gasteiger partial charge in [-0.05, 0) is 60.0 Å². The number of nitrogens with one attached hydrogen (secondary N) is 1. The first-order valence-electron chi connectivity index (χ1n) is 11.2. The summed E-state index contributed by atoms with van der Waals surface area (Å²) >= 11 is 12.2. The number of hydrogen-bond acceptors (Lipinski definition) is 4. The predicted molar refractivity (Wildman–Crippen MR) is 142 cm³/mol. The van der Waals surface area contributed by atoms with E-state index in [9.17, 15) is 9.90 Å². The predicted octanol–water partition coefficient (Wildman–Crippen LogP) is 7.81. The lowest BCUT2D eigenvalue weighted by Crippen LogP contribution is -1.98. The SMILES string of the molecule is O=C(c1ccccc1)c1cc2cc(Cc3ccc(O)c(-c4nc5cc(Cl)c(Cl)cc5[nH]4)c3)ccc2o1. The highest BCUT2D eigenvalue weighted by atomic mass is 35.5.